The number of rotatable bonds is 6. The van der Waals surface area contributed by atoms with Crippen LogP contribution in [0.1, 0.15) is 25.5 Å². The number of benzene rings is 2. The van der Waals surface area contributed by atoms with Crippen LogP contribution in [0.25, 0.3) is 0 Å². The number of terminal acetylenes is 1. The van der Waals surface area contributed by atoms with Crippen LogP contribution in [0.15, 0.2) is 60.7 Å². The molecule has 3 heteroatoms. The first kappa shape index (κ1) is 15.5. The van der Waals surface area contributed by atoms with Gasteiger partial charge in [0.25, 0.3) is 0 Å². The van der Waals surface area contributed by atoms with Gasteiger partial charge in [-0.25, -0.2) is 0 Å². The van der Waals surface area contributed by atoms with Gasteiger partial charge in [-0.1, -0.05) is 66.2 Å². The fourth-order valence-corrected chi connectivity index (χ4v) is 4.61. The molecule has 2 nitrogen and oxygen atoms in total. The molecule has 0 saturated heterocycles. The molecule has 2 aromatic rings. The van der Waals surface area contributed by atoms with Crippen molar-refractivity contribution in [2.24, 2.45) is 0 Å². The lowest BCUT2D eigenvalue weighted by molar-refractivity contribution is 0.148. The minimum absolute atomic E-state index is 0.110. The minimum Gasteiger partial charge on any atom is -0.382 e. The van der Waals surface area contributed by atoms with Crippen molar-refractivity contribution in [2.75, 3.05) is 6.61 Å². The third kappa shape index (κ3) is 3.62. The van der Waals surface area contributed by atoms with Gasteiger partial charge in [-0.2, -0.15) is 0 Å². The van der Waals surface area contributed by atoms with Crippen LogP contribution in [0.4, 0.5) is 0 Å². The van der Waals surface area contributed by atoms with E-state index in [1.807, 2.05) is 74.5 Å². The Kier molecular flexibility index (Phi) is 5.35. The lowest BCUT2D eigenvalue weighted by atomic mass is 10.1. The van der Waals surface area contributed by atoms with E-state index in [0.717, 1.165) is 10.8 Å². The standard InChI is InChI=1S/C18H20O2Si/c1-4-19-21(5-2,18-14-10-7-11-15-18)20-16(3)17-12-8-6-9-13-17/h2,6-16H,4H2,1,3H3. The largest absolute Gasteiger partial charge is 0.458 e. The van der Waals surface area contributed by atoms with Gasteiger partial charge in [0, 0.05) is 11.8 Å². The molecule has 0 aliphatic carbocycles. The van der Waals surface area contributed by atoms with Gasteiger partial charge in [-0.15, -0.1) is 6.42 Å². The Morgan fingerprint density at radius 2 is 1.62 bits per heavy atom. The minimum atomic E-state index is -2.86. The van der Waals surface area contributed by atoms with Crippen LogP contribution in [0, 0.1) is 12.0 Å². The molecule has 2 rings (SSSR count). The Labute approximate surface area is 128 Å². The highest BCUT2D eigenvalue weighted by atomic mass is 28.4. The first-order valence-corrected chi connectivity index (χ1v) is 8.93. The average molecular weight is 296 g/mol. The summed E-state index contributed by atoms with van der Waals surface area (Å²) in [6.07, 6.45) is 5.70. The van der Waals surface area contributed by atoms with Gasteiger partial charge in [0.15, 0.2) is 0 Å². The van der Waals surface area contributed by atoms with Crippen molar-refractivity contribution in [3.8, 4) is 12.0 Å². The second kappa shape index (κ2) is 7.23. The highest BCUT2D eigenvalue weighted by molar-refractivity contribution is 6.88. The second-order valence-electron chi connectivity index (χ2n) is 4.73. The summed E-state index contributed by atoms with van der Waals surface area (Å²) in [4.78, 5) is 0. The molecule has 0 aromatic heterocycles. The molecule has 108 valence electrons. The fraction of sp³-hybridized carbons (Fsp3) is 0.222. The Balaban J connectivity index is 2.31. The third-order valence-corrected chi connectivity index (χ3v) is 6.16. The topological polar surface area (TPSA) is 18.5 Å². The van der Waals surface area contributed by atoms with Crippen molar-refractivity contribution in [2.45, 2.75) is 20.0 Å². The van der Waals surface area contributed by atoms with Gasteiger partial charge in [0.1, 0.15) is 0 Å². The van der Waals surface area contributed by atoms with Crippen LogP contribution in [-0.4, -0.2) is 15.2 Å². The van der Waals surface area contributed by atoms with Gasteiger partial charge in [0.2, 0.25) is 0 Å². The Morgan fingerprint density at radius 1 is 1.05 bits per heavy atom. The van der Waals surface area contributed by atoms with E-state index in [1.165, 1.54) is 0 Å². The maximum absolute atomic E-state index is 6.28. The van der Waals surface area contributed by atoms with Crippen molar-refractivity contribution in [3.63, 3.8) is 0 Å². The summed E-state index contributed by atoms with van der Waals surface area (Å²) in [5.74, 6) is 0. The van der Waals surface area contributed by atoms with E-state index in [-0.39, 0.29) is 6.10 Å². The first-order chi connectivity index (χ1) is 10.2. The maximum Gasteiger partial charge on any atom is 0.458 e. The molecule has 0 aliphatic heterocycles. The van der Waals surface area contributed by atoms with Gasteiger partial charge in [-0.05, 0) is 19.4 Å². The molecule has 0 N–H and O–H groups in total. The monoisotopic (exact) mass is 296 g/mol. The van der Waals surface area contributed by atoms with Crippen LogP contribution in [0.5, 0.6) is 0 Å². The molecule has 0 bridgehead atoms. The Bertz CT molecular complexity index is 592. The zero-order chi connectivity index (χ0) is 15.1. The van der Waals surface area contributed by atoms with E-state index >= 15 is 0 Å². The van der Waals surface area contributed by atoms with E-state index in [2.05, 4.69) is 5.54 Å². The van der Waals surface area contributed by atoms with E-state index < -0.39 is 8.56 Å². The van der Waals surface area contributed by atoms with E-state index in [0.29, 0.717) is 6.61 Å². The second-order valence-corrected chi connectivity index (χ2v) is 7.35. The lowest BCUT2D eigenvalue weighted by Crippen LogP contribution is -2.53. The quantitative estimate of drug-likeness (QED) is 0.601. The van der Waals surface area contributed by atoms with Crippen LogP contribution in [0.2, 0.25) is 0 Å². The SMILES string of the molecule is C#C[Si](OCC)(OC(C)c1ccccc1)c1ccccc1. The highest BCUT2D eigenvalue weighted by Crippen LogP contribution is 2.22. The van der Waals surface area contributed by atoms with Crippen molar-refractivity contribution < 1.29 is 8.85 Å². The third-order valence-electron chi connectivity index (χ3n) is 3.30. The van der Waals surface area contributed by atoms with Gasteiger partial charge < -0.3 is 8.85 Å². The zero-order valence-electron chi connectivity index (χ0n) is 12.5. The molecule has 0 spiro atoms. The molecule has 0 saturated carbocycles. The Morgan fingerprint density at radius 3 is 2.14 bits per heavy atom. The number of hydrogen-bond acceptors (Lipinski definition) is 2. The maximum atomic E-state index is 6.28. The van der Waals surface area contributed by atoms with Crippen LogP contribution in [-0.2, 0) is 8.85 Å². The summed E-state index contributed by atoms with van der Waals surface area (Å²) >= 11 is 0. The summed E-state index contributed by atoms with van der Waals surface area (Å²) in [6, 6.07) is 19.9. The summed E-state index contributed by atoms with van der Waals surface area (Å²) in [5.41, 5.74) is 3.93. The molecule has 2 atom stereocenters. The zero-order valence-corrected chi connectivity index (χ0v) is 13.5. The molecule has 0 amide bonds. The molecule has 0 radical (unpaired) electrons. The fourth-order valence-electron chi connectivity index (χ4n) is 2.25. The predicted octanol–water partition coefficient (Wildman–Crippen LogP) is 3.32. The molecule has 0 aliphatic rings. The van der Waals surface area contributed by atoms with Crippen LogP contribution in [0.3, 0.4) is 0 Å². The average Bonchev–Trinajstić information content (AvgIpc) is 2.56. The van der Waals surface area contributed by atoms with Crippen molar-refractivity contribution in [1.29, 1.82) is 0 Å². The Hall–Kier alpha value is -1.86. The lowest BCUT2D eigenvalue weighted by Gasteiger charge is -2.29. The van der Waals surface area contributed by atoms with Crippen LogP contribution >= 0.6 is 0 Å². The number of hydrogen-bond donors (Lipinski definition) is 0. The molecule has 0 fully saturated rings. The van der Waals surface area contributed by atoms with E-state index in [4.69, 9.17) is 15.3 Å². The van der Waals surface area contributed by atoms with Crippen LogP contribution < -0.4 is 5.19 Å². The smallest absolute Gasteiger partial charge is 0.382 e. The molecule has 2 aromatic carbocycles. The summed E-state index contributed by atoms with van der Waals surface area (Å²) in [7, 11) is -2.86. The van der Waals surface area contributed by atoms with E-state index in [1.54, 1.807) is 0 Å². The molecule has 21 heavy (non-hydrogen) atoms. The molecule has 0 heterocycles. The normalized spacial score (nSPS) is 14.9. The van der Waals surface area contributed by atoms with Gasteiger partial charge >= 0.3 is 8.56 Å². The van der Waals surface area contributed by atoms with Crippen molar-refractivity contribution in [3.05, 3.63) is 66.2 Å². The predicted molar refractivity (Wildman–Crippen MR) is 88.2 cm³/mol. The summed E-state index contributed by atoms with van der Waals surface area (Å²) in [6.45, 7) is 4.49. The first-order valence-electron chi connectivity index (χ1n) is 7.12. The molecular weight excluding hydrogens is 276 g/mol. The summed E-state index contributed by atoms with van der Waals surface area (Å²) in [5, 5.41) is 0.970. The van der Waals surface area contributed by atoms with Gasteiger partial charge in [0.05, 0.1) is 6.10 Å². The van der Waals surface area contributed by atoms with E-state index in [9.17, 15) is 0 Å². The summed E-state index contributed by atoms with van der Waals surface area (Å²) < 4.78 is 12.2. The highest BCUT2D eigenvalue weighted by Gasteiger charge is 2.40. The van der Waals surface area contributed by atoms with Crippen molar-refractivity contribution >= 4 is 13.7 Å². The van der Waals surface area contributed by atoms with Gasteiger partial charge in [-0.3, -0.25) is 0 Å². The molecular formula is C18H20O2Si. The molecule has 2 unspecified atom stereocenters. The van der Waals surface area contributed by atoms with Crippen molar-refractivity contribution in [1.82, 2.24) is 0 Å².